The van der Waals surface area contributed by atoms with Crippen LogP contribution in [-0.2, 0) is 13.0 Å². The van der Waals surface area contributed by atoms with Crippen molar-refractivity contribution in [2.24, 2.45) is 0 Å². The van der Waals surface area contributed by atoms with Crippen LogP contribution in [0.4, 0.5) is 5.95 Å². The molecule has 3 heterocycles. The van der Waals surface area contributed by atoms with Crippen LogP contribution in [0.5, 0.6) is 0 Å². The molecule has 0 bridgehead atoms. The van der Waals surface area contributed by atoms with Crippen LogP contribution in [0.3, 0.4) is 0 Å². The minimum absolute atomic E-state index is 0.0327. The van der Waals surface area contributed by atoms with Crippen LogP contribution in [0, 0.1) is 0 Å². The number of halogens is 2. The van der Waals surface area contributed by atoms with Gasteiger partial charge in [-0.1, -0.05) is 23.2 Å². The highest BCUT2D eigenvalue weighted by Crippen LogP contribution is 2.26. The van der Waals surface area contributed by atoms with E-state index in [0.717, 1.165) is 5.56 Å². The van der Waals surface area contributed by atoms with E-state index in [-0.39, 0.29) is 24.1 Å². The summed E-state index contributed by atoms with van der Waals surface area (Å²) >= 11 is 12.1. The van der Waals surface area contributed by atoms with E-state index >= 15 is 0 Å². The predicted octanol–water partition coefficient (Wildman–Crippen LogP) is 5.21. The van der Waals surface area contributed by atoms with Gasteiger partial charge in [0.15, 0.2) is 0 Å². The maximum Gasteiger partial charge on any atom is 0.263 e. The van der Waals surface area contributed by atoms with Crippen molar-refractivity contribution < 1.29 is 9.21 Å². The van der Waals surface area contributed by atoms with Crippen molar-refractivity contribution >= 4 is 35.1 Å². The number of carbonyl (C=O) groups excluding carboxylic acids is 1. The lowest BCUT2D eigenvalue weighted by atomic mass is 10.0. The molecule has 5 rings (SSSR count). The summed E-state index contributed by atoms with van der Waals surface area (Å²) in [7, 11) is 0. The molecule has 10 heteroatoms. The van der Waals surface area contributed by atoms with Crippen molar-refractivity contribution in [1.82, 2.24) is 19.4 Å². The molecular formula is C26H23Cl2N5O3. The van der Waals surface area contributed by atoms with Gasteiger partial charge in [-0.05, 0) is 62.7 Å². The van der Waals surface area contributed by atoms with Crippen molar-refractivity contribution in [3.05, 3.63) is 92.1 Å². The molecule has 4 aromatic rings. The number of rotatable bonds is 5. The van der Waals surface area contributed by atoms with Gasteiger partial charge in [0.1, 0.15) is 6.26 Å². The number of nitrogens with zero attached hydrogens (tertiary/aromatic N) is 4. The normalized spacial score (nSPS) is 13.1. The van der Waals surface area contributed by atoms with E-state index < -0.39 is 0 Å². The zero-order valence-electron chi connectivity index (χ0n) is 19.7. The summed E-state index contributed by atoms with van der Waals surface area (Å²) < 4.78 is 6.94. The van der Waals surface area contributed by atoms with E-state index in [1.54, 1.807) is 33.9 Å². The van der Waals surface area contributed by atoms with Crippen LogP contribution >= 0.6 is 23.2 Å². The summed E-state index contributed by atoms with van der Waals surface area (Å²) in [5.74, 6) is 0.733. The summed E-state index contributed by atoms with van der Waals surface area (Å²) in [5, 5.41) is 3.98. The Balaban J connectivity index is 1.50. The average molecular weight is 524 g/mol. The van der Waals surface area contributed by atoms with E-state index in [1.165, 1.54) is 6.26 Å². The fourth-order valence-electron chi connectivity index (χ4n) is 4.19. The smallest absolute Gasteiger partial charge is 0.263 e. The van der Waals surface area contributed by atoms with Gasteiger partial charge >= 0.3 is 0 Å². The highest BCUT2D eigenvalue weighted by molar-refractivity contribution is 6.42. The fraction of sp³-hybridized carbons (Fsp3) is 0.231. The summed E-state index contributed by atoms with van der Waals surface area (Å²) in [6, 6.07) is 12.2. The highest BCUT2D eigenvalue weighted by atomic mass is 35.5. The molecule has 1 N–H and O–H groups in total. The topological polar surface area (TPSA) is 93.3 Å². The Morgan fingerprint density at radius 2 is 1.89 bits per heavy atom. The van der Waals surface area contributed by atoms with E-state index in [4.69, 9.17) is 32.6 Å². The zero-order chi connectivity index (χ0) is 25.4. The molecule has 36 heavy (non-hydrogen) atoms. The number of hydrogen-bond acceptors (Lipinski definition) is 6. The molecule has 1 aliphatic heterocycles. The van der Waals surface area contributed by atoms with Crippen molar-refractivity contribution in [2.45, 2.75) is 32.9 Å². The van der Waals surface area contributed by atoms with E-state index in [1.807, 2.05) is 38.1 Å². The van der Waals surface area contributed by atoms with Crippen molar-refractivity contribution in [1.29, 1.82) is 0 Å². The van der Waals surface area contributed by atoms with E-state index in [9.17, 15) is 9.59 Å². The lowest BCUT2D eigenvalue weighted by Gasteiger charge is -2.29. The molecular weight excluding hydrogens is 501 g/mol. The number of benzene rings is 2. The first-order chi connectivity index (χ1) is 17.3. The maximum absolute atomic E-state index is 13.7. The Hall–Kier alpha value is -3.62. The molecule has 0 saturated heterocycles. The standard InChI is InChI=1S/C26H23Cl2N5O3/c1-15(2)30-26-31-22-14-32(24(34)17-5-8-20(27)21(28)13-17)11-9-19(22)25(35)33(26)18-6-3-16(4-7-18)23-29-10-12-36-23/h3-8,10,12-13,15H,9,11,14H2,1-2H3,(H,30,31). The third kappa shape index (κ3) is 4.62. The molecule has 2 aromatic carbocycles. The van der Waals surface area contributed by atoms with Gasteiger partial charge in [0, 0.05) is 29.3 Å². The minimum Gasteiger partial charge on any atom is -0.445 e. The number of hydrogen-bond donors (Lipinski definition) is 1. The molecule has 0 spiro atoms. The van der Waals surface area contributed by atoms with Crippen molar-refractivity contribution in [2.75, 3.05) is 11.9 Å². The van der Waals surface area contributed by atoms with Gasteiger partial charge in [-0.25, -0.2) is 14.5 Å². The lowest BCUT2D eigenvalue weighted by molar-refractivity contribution is 0.0731. The fourth-order valence-corrected chi connectivity index (χ4v) is 4.49. The predicted molar refractivity (Wildman–Crippen MR) is 139 cm³/mol. The quantitative estimate of drug-likeness (QED) is 0.385. The average Bonchev–Trinajstić information content (AvgIpc) is 3.40. The third-order valence-electron chi connectivity index (χ3n) is 5.91. The Bertz CT molecular complexity index is 1480. The van der Waals surface area contributed by atoms with E-state index in [2.05, 4.69) is 10.3 Å². The number of aromatic nitrogens is 3. The van der Waals surface area contributed by atoms with Crippen molar-refractivity contribution in [3.63, 3.8) is 0 Å². The Labute approximate surface area is 217 Å². The first-order valence-corrected chi connectivity index (χ1v) is 12.2. The minimum atomic E-state index is -0.189. The maximum atomic E-state index is 13.7. The Kier molecular flexibility index (Phi) is 6.55. The van der Waals surface area contributed by atoms with Gasteiger partial charge in [0.05, 0.1) is 34.2 Å². The second kappa shape index (κ2) is 9.79. The molecule has 0 aliphatic carbocycles. The van der Waals surface area contributed by atoms with Gasteiger partial charge in [0.25, 0.3) is 11.5 Å². The lowest BCUT2D eigenvalue weighted by Crippen LogP contribution is -2.41. The third-order valence-corrected chi connectivity index (χ3v) is 6.65. The van der Waals surface area contributed by atoms with Gasteiger partial charge in [-0.2, -0.15) is 0 Å². The number of oxazole rings is 1. The van der Waals surface area contributed by atoms with Gasteiger partial charge in [-0.3, -0.25) is 9.59 Å². The molecule has 0 fully saturated rings. The Morgan fingerprint density at radius 3 is 2.56 bits per heavy atom. The number of nitrogens with one attached hydrogen (secondary N) is 1. The summed E-state index contributed by atoms with van der Waals surface area (Å²) in [4.78, 5) is 37.4. The molecule has 0 atom stereocenters. The Morgan fingerprint density at radius 1 is 1.11 bits per heavy atom. The molecule has 0 unspecified atom stereocenters. The van der Waals surface area contributed by atoms with Crippen LogP contribution < -0.4 is 10.9 Å². The van der Waals surface area contributed by atoms with Crippen molar-refractivity contribution in [3.8, 4) is 17.1 Å². The van der Waals surface area contributed by atoms with Crippen LogP contribution in [0.1, 0.15) is 35.5 Å². The van der Waals surface area contributed by atoms with Crippen LogP contribution in [0.25, 0.3) is 17.1 Å². The summed E-state index contributed by atoms with van der Waals surface area (Å²) in [6.45, 7) is 4.56. The molecule has 0 radical (unpaired) electrons. The monoisotopic (exact) mass is 523 g/mol. The van der Waals surface area contributed by atoms with E-state index in [0.29, 0.717) is 57.4 Å². The SMILES string of the molecule is CC(C)Nc1nc2c(c(=O)n1-c1ccc(-c3ncco3)cc1)CCN(C(=O)c1ccc(Cl)c(Cl)c1)C2. The molecule has 1 amide bonds. The molecule has 1 aliphatic rings. The number of anilines is 1. The van der Waals surface area contributed by atoms with Gasteiger partial charge in [0.2, 0.25) is 11.8 Å². The molecule has 0 saturated carbocycles. The van der Waals surface area contributed by atoms with Gasteiger partial charge < -0.3 is 14.6 Å². The first-order valence-electron chi connectivity index (χ1n) is 11.5. The largest absolute Gasteiger partial charge is 0.445 e. The summed E-state index contributed by atoms with van der Waals surface area (Å²) in [5.41, 5.74) is 2.93. The highest BCUT2D eigenvalue weighted by Gasteiger charge is 2.27. The second-order valence-corrected chi connectivity index (χ2v) is 9.60. The first kappa shape index (κ1) is 24.1. The molecule has 2 aromatic heterocycles. The number of amides is 1. The van der Waals surface area contributed by atoms with Crippen LogP contribution in [0.2, 0.25) is 10.0 Å². The van der Waals surface area contributed by atoms with Crippen LogP contribution in [-0.4, -0.2) is 37.9 Å². The zero-order valence-corrected chi connectivity index (χ0v) is 21.2. The summed E-state index contributed by atoms with van der Waals surface area (Å²) in [6.07, 6.45) is 3.49. The van der Waals surface area contributed by atoms with Crippen LogP contribution in [0.15, 0.2) is 64.1 Å². The molecule has 184 valence electrons. The molecule has 8 nitrogen and oxygen atoms in total. The number of carbonyl (C=O) groups is 1. The second-order valence-electron chi connectivity index (χ2n) is 8.79. The van der Waals surface area contributed by atoms with Gasteiger partial charge in [-0.15, -0.1) is 0 Å². The number of fused-ring (bicyclic) bond motifs is 1.